The zero-order valence-electron chi connectivity index (χ0n) is 55.8. The molecule has 4 amide bonds. The predicted molar refractivity (Wildman–Crippen MR) is 372 cm³/mol. The maximum Gasteiger partial charge on any atom is 0.180 e. The van der Waals surface area contributed by atoms with Crippen molar-refractivity contribution in [3.05, 3.63) is 254 Å². The molecule has 0 spiro atoms. The molecule has 0 bridgehead atoms. The Morgan fingerprint density at radius 2 is 1.03 bits per heavy atom. The van der Waals surface area contributed by atoms with Crippen molar-refractivity contribution in [3.63, 3.8) is 0 Å². The maximum absolute atomic E-state index is 14.0. The Morgan fingerprint density at radius 1 is 0.571 bits per heavy atom. The minimum absolute atomic E-state index is 0.00484. The molecule has 0 saturated heterocycles. The van der Waals surface area contributed by atoms with Gasteiger partial charge in [0, 0.05) is 95.9 Å². The summed E-state index contributed by atoms with van der Waals surface area (Å²) < 4.78 is 71.2. The number of halogens is 6. The van der Waals surface area contributed by atoms with Gasteiger partial charge in [-0.2, -0.15) is 0 Å². The number of aryl methyl sites for hydroxylation is 2. The van der Waals surface area contributed by atoms with Crippen LogP contribution in [0.15, 0.2) is 178 Å². The number of hydrogen-bond acceptors (Lipinski definition) is 14. The Hall–Kier alpha value is -7.97. The van der Waals surface area contributed by atoms with Gasteiger partial charge in [-0.3, -0.25) is 19.2 Å². The molecule has 0 aliphatic heterocycles. The van der Waals surface area contributed by atoms with Gasteiger partial charge in [0.05, 0.1) is 36.7 Å². The third-order valence-corrected chi connectivity index (χ3v) is 15.2. The van der Waals surface area contributed by atoms with Gasteiger partial charge in [-0.05, 0) is 200 Å². The van der Waals surface area contributed by atoms with E-state index in [2.05, 4.69) is 74.0 Å². The van der Waals surface area contributed by atoms with Crippen molar-refractivity contribution in [3.8, 4) is 11.5 Å². The van der Waals surface area contributed by atoms with Crippen LogP contribution in [0.25, 0.3) is 11.5 Å². The van der Waals surface area contributed by atoms with Crippen LogP contribution in [0.1, 0.15) is 128 Å². The second-order valence-corrected chi connectivity index (χ2v) is 24.0. The molecule has 0 radical (unpaired) electrons. The number of nitrogens with one attached hydrogen (secondary N) is 4. The summed E-state index contributed by atoms with van der Waals surface area (Å²) in [5.41, 5.74) is 6.18. The quantitative estimate of drug-likeness (QED) is 0.0111. The van der Waals surface area contributed by atoms with E-state index in [4.69, 9.17) is 14.1 Å². The van der Waals surface area contributed by atoms with Crippen molar-refractivity contribution in [2.75, 3.05) is 39.3 Å². The number of hydrogen-bond donors (Lipinski definition) is 6. The number of rotatable bonds is 29. The van der Waals surface area contributed by atoms with Crippen LogP contribution in [0.4, 0.5) is 17.6 Å². The van der Waals surface area contributed by atoms with Crippen molar-refractivity contribution in [1.29, 1.82) is 0 Å². The minimum Gasteiger partial charge on any atom is -0.581 e. The third-order valence-electron chi connectivity index (χ3n) is 14.6. The molecule has 3 aromatic heterocycles. The van der Waals surface area contributed by atoms with Gasteiger partial charge in [0.2, 0.25) is 5.89 Å². The molecular formula is C73H83ClF4IN9O9Zn. The Kier molecular flexibility index (Phi) is 36.4. The number of aromatic nitrogens is 3. The van der Waals surface area contributed by atoms with Crippen LogP contribution in [0.3, 0.4) is 0 Å². The van der Waals surface area contributed by atoms with E-state index in [1.54, 1.807) is 65.5 Å². The summed E-state index contributed by atoms with van der Waals surface area (Å²) in [7, 11) is 4.76. The number of oxazole rings is 3. The van der Waals surface area contributed by atoms with Gasteiger partial charge in [-0.25, -0.2) is 27.5 Å². The van der Waals surface area contributed by atoms with Crippen LogP contribution >= 0.6 is 32.3 Å². The number of amides is 4. The summed E-state index contributed by atoms with van der Waals surface area (Å²) in [5, 5.41) is 34.4. The van der Waals surface area contributed by atoms with Crippen molar-refractivity contribution < 1.29 is 77.5 Å². The topological polar surface area (TPSA) is 241 Å². The van der Waals surface area contributed by atoms with Gasteiger partial charge in [0.1, 0.15) is 42.2 Å². The zero-order chi connectivity index (χ0) is 71.4. The molecule has 518 valence electrons. The molecule has 9 rings (SSSR count). The van der Waals surface area contributed by atoms with Crippen molar-refractivity contribution in [2.45, 2.75) is 117 Å². The Bertz CT molecular complexity index is 3710. The number of benzene rings is 6. The first-order valence-corrected chi connectivity index (χ1v) is 36.9. The van der Waals surface area contributed by atoms with Crippen molar-refractivity contribution in [2.24, 2.45) is 0 Å². The molecule has 98 heavy (non-hydrogen) atoms. The molecule has 0 fully saturated rings. The number of aliphatic hydroxyl groups is 2. The van der Waals surface area contributed by atoms with Crippen LogP contribution in [-0.4, -0.2) is 122 Å². The summed E-state index contributed by atoms with van der Waals surface area (Å²) in [5.74, 6) is -3.77. The van der Waals surface area contributed by atoms with Gasteiger partial charge < -0.3 is 59.5 Å². The largest absolute Gasteiger partial charge is 0.581 e. The van der Waals surface area contributed by atoms with Crippen LogP contribution in [0.5, 0.6) is 0 Å². The molecule has 0 unspecified atom stereocenters. The maximum atomic E-state index is 14.0. The molecule has 25 heteroatoms. The molecule has 6 N–H and O–H groups in total. The van der Waals surface area contributed by atoms with E-state index in [1.165, 1.54) is 55.6 Å². The van der Waals surface area contributed by atoms with E-state index in [9.17, 15) is 47.0 Å². The SMILES string of the molecule is CCCN(CCC)C(=O)c1cc(C)cc(C(=O)N[C@@H](Cc2cc(F)cc(F)c2)[C@H](O)CNCc2cccc(-c3ncco3)c2)c1.CCCN(CCC)C(=O)c1cc(C)cc(C(=O)N[C@@H](Cc2cc(F)cc(F)c2)[C@H](O)CNCc2cccc(I)c2)c1.[Cl][Zn+].[c-]1ncco1.c1cocn1. The van der Waals surface area contributed by atoms with E-state index in [-0.39, 0.29) is 54.4 Å². The van der Waals surface area contributed by atoms with Crippen molar-refractivity contribution in [1.82, 2.24) is 46.0 Å². The van der Waals surface area contributed by atoms with Gasteiger partial charge >= 0.3 is 27.0 Å². The minimum atomic E-state index is -1.12. The van der Waals surface area contributed by atoms with Crippen LogP contribution in [0, 0.1) is 47.1 Å². The van der Waals surface area contributed by atoms with Crippen LogP contribution in [0.2, 0.25) is 0 Å². The summed E-state index contributed by atoms with van der Waals surface area (Å²) >= 11 is 3.07. The van der Waals surface area contributed by atoms with Crippen LogP contribution < -0.4 is 21.3 Å². The first kappa shape index (κ1) is 80.7. The van der Waals surface area contributed by atoms with Gasteiger partial charge in [-0.1, -0.05) is 58.2 Å². The average molecular weight is 1530 g/mol. The molecule has 9 aromatic rings. The van der Waals surface area contributed by atoms with Crippen LogP contribution in [-0.2, 0) is 43.2 Å². The Labute approximate surface area is 597 Å². The monoisotopic (exact) mass is 1530 g/mol. The van der Waals surface area contributed by atoms with Gasteiger partial charge in [0.25, 0.3) is 23.6 Å². The van der Waals surface area contributed by atoms with Gasteiger partial charge in [-0.15, -0.1) is 0 Å². The summed E-state index contributed by atoms with van der Waals surface area (Å²) in [6.45, 7) is 15.2. The summed E-state index contributed by atoms with van der Waals surface area (Å²) in [6, 6.07) is 30.0. The number of nitrogens with zero attached hydrogens (tertiary/aromatic N) is 5. The normalized spacial score (nSPS) is 11.9. The molecule has 3 heterocycles. The van der Waals surface area contributed by atoms with Gasteiger partial charge in [0.15, 0.2) is 6.39 Å². The summed E-state index contributed by atoms with van der Waals surface area (Å²) in [6.07, 6.45) is 13.8. The first-order valence-electron chi connectivity index (χ1n) is 31.9. The molecule has 4 atom stereocenters. The zero-order valence-corrected chi connectivity index (χ0v) is 61.6. The van der Waals surface area contributed by atoms with Crippen molar-refractivity contribution >= 4 is 55.9 Å². The fourth-order valence-corrected chi connectivity index (χ4v) is 11.0. The molecule has 6 aromatic carbocycles. The molecule has 0 aliphatic rings. The Morgan fingerprint density at radius 3 is 1.40 bits per heavy atom. The number of aliphatic hydroxyl groups excluding tert-OH is 2. The third kappa shape index (κ3) is 28.5. The smallest absolute Gasteiger partial charge is 0.180 e. The Balaban J connectivity index is 0.000000302. The fraction of sp³-hybridized carbons (Fsp3) is 0.329. The van der Waals surface area contributed by atoms with E-state index in [0.717, 1.165) is 86.5 Å². The fourth-order valence-electron chi connectivity index (χ4n) is 10.4. The van der Waals surface area contributed by atoms with E-state index >= 15 is 0 Å². The molecule has 18 nitrogen and oxygen atoms in total. The first-order chi connectivity index (χ1) is 47.2. The van der Waals surface area contributed by atoms with E-state index in [0.29, 0.717) is 61.8 Å². The second kappa shape index (κ2) is 44.1. The average Bonchev–Trinajstić information content (AvgIpc) is 1.21. The number of carbonyl (C=O) groups is 4. The summed E-state index contributed by atoms with van der Waals surface area (Å²) in [4.78, 5) is 68.2. The van der Waals surface area contributed by atoms with E-state index < -0.39 is 59.4 Å². The molecule has 0 aliphatic carbocycles. The molecular weight excluding hydrogens is 1450 g/mol. The number of carbonyl (C=O) groups excluding carboxylic acids is 4. The standard InChI is InChI=1S/C35H40F2N4O4.C32H38F2IN3O3.C3H3NO.C3H2NO.ClH.Zn/c1-4-10-41(11-5-2)35(44)28-14-23(3)13-27(19-28)33(43)40-31(18-25-16-29(36)20-30(37)17-25)32(42)22-38-21-24-7-6-8-26(15-24)34-39-9-12-45-34;1-4-9-38(10-5-2)32(41)25-12-21(3)11-24(17-25)31(40)37-29(16-23-13-26(33)18-27(34)14-23)30(39)20-36-19-22-7-6-8-28(35)15-22;2*1-2-5-3-4-1;;/h6-9,12-17,19-20,31-32,38,42H,4-5,10-11,18,21-22H2,1-3H3,(H,40,43);6-8,11-15,17-18,29-30,36,39H,4-5,9-10,16,19-20H2,1-3H3,(H,37,40);1-3H;1-2H;1H;/q;;;-1;;+2/p-1/t31-,32+;29-,30+;;;;/m00..../s1. The van der Waals surface area contributed by atoms with E-state index in [1.807, 2.05) is 83.1 Å². The predicted octanol–water partition coefficient (Wildman–Crippen LogP) is 13.2. The molecule has 0 saturated carbocycles. The second-order valence-electron chi connectivity index (χ2n) is 22.7.